The number of carbonyl (C=O) groups is 1. The summed E-state index contributed by atoms with van der Waals surface area (Å²) in [5.74, 6) is -0.360. The Bertz CT molecular complexity index is 479. The number of alkyl halides is 3. The summed E-state index contributed by atoms with van der Waals surface area (Å²) in [4.78, 5) is 15.7. The molecule has 2 rings (SSSR count). The van der Waals surface area contributed by atoms with E-state index in [-0.39, 0.29) is 5.82 Å². The predicted octanol–water partition coefficient (Wildman–Crippen LogP) is 2.47. The topological polar surface area (TPSA) is 68.0 Å². The molecule has 1 saturated carbocycles. The molecule has 1 aliphatic rings. The second-order valence-electron chi connectivity index (χ2n) is 4.99. The monoisotopic (exact) mass is 291 g/mol. The van der Waals surface area contributed by atoms with Crippen LogP contribution >= 0.6 is 0 Å². The maximum absolute atomic E-state index is 12.3. The zero-order valence-electron chi connectivity index (χ0n) is 11.1. The second-order valence-corrected chi connectivity index (χ2v) is 4.99. The van der Waals surface area contributed by atoms with Crippen LogP contribution in [0.4, 0.5) is 13.2 Å². The van der Waals surface area contributed by atoms with Crippen molar-refractivity contribution in [3.63, 3.8) is 0 Å². The largest absolute Gasteiger partial charge is 0.397 e. The molecular formula is C12H16F3N3O2. The Balaban J connectivity index is 2.16. The fourth-order valence-corrected chi connectivity index (χ4v) is 2.47. The summed E-state index contributed by atoms with van der Waals surface area (Å²) in [6.45, 7) is 1.83. The lowest BCUT2D eigenvalue weighted by molar-refractivity contribution is -0.155. The van der Waals surface area contributed by atoms with Crippen molar-refractivity contribution in [2.24, 2.45) is 0 Å². The lowest BCUT2D eigenvalue weighted by atomic mass is 9.96. The van der Waals surface area contributed by atoms with E-state index in [2.05, 4.69) is 15.5 Å². The third kappa shape index (κ3) is 3.29. The summed E-state index contributed by atoms with van der Waals surface area (Å²) in [6, 6.07) is 0. The van der Waals surface area contributed by atoms with E-state index in [1.165, 1.54) is 0 Å². The molecule has 0 bridgehead atoms. The van der Waals surface area contributed by atoms with Crippen molar-refractivity contribution in [3.8, 4) is 0 Å². The Labute approximate surface area is 113 Å². The lowest BCUT2D eigenvalue weighted by Crippen LogP contribution is -2.45. The molecular weight excluding hydrogens is 275 g/mol. The molecule has 8 heteroatoms. The summed E-state index contributed by atoms with van der Waals surface area (Å²) >= 11 is 0. The van der Waals surface area contributed by atoms with Gasteiger partial charge in [0.25, 0.3) is 0 Å². The smallest absolute Gasteiger partial charge is 0.343 e. The maximum Gasteiger partial charge on any atom is 0.397 e. The van der Waals surface area contributed by atoms with Crippen LogP contribution in [-0.2, 0) is 16.8 Å². The number of aryl methyl sites for hydroxylation is 1. The summed E-state index contributed by atoms with van der Waals surface area (Å²) in [5.41, 5.74) is -0.917. The second kappa shape index (κ2) is 5.41. The average molecular weight is 291 g/mol. The predicted molar refractivity (Wildman–Crippen MR) is 62.6 cm³/mol. The van der Waals surface area contributed by atoms with E-state index in [4.69, 9.17) is 4.52 Å². The van der Waals surface area contributed by atoms with Crippen molar-refractivity contribution in [1.29, 1.82) is 0 Å². The molecule has 1 heterocycles. The third-order valence-electron chi connectivity index (χ3n) is 3.40. The van der Waals surface area contributed by atoms with Gasteiger partial charge in [-0.3, -0.25) is 4.79 Å². The Kier molecular flexibility index (Phi) is 4.01. The minimum absolute atomic E-state index is 0.280. The van der Waals surface area contributed by atoms with Gasteiger partial charge in [0.15, 0.2) is 5.82 Å². The van der Waals surface area contributed by atoms with E-state index in [9.17, 15) is 18.0 Å². The first-order valence-electron chi connectivity index (χ1n) is 6.55. The Hall–Kier alpha value is -1.60. The van der Waals surface area contributed by atoms with Crippen LogP contribution in [0, 0.1) is 0 Å². The summed E-state index contributed by atoms with van der Waals surface area (Å²) in [6.07, 6.45) is -2.80. The van der Waals surface area contributed by atoms with Crippen molar-refractivity contribution in [2.45, 2.75) is 57.2 Å². The van der Waals surface area contributed by atoms with Crippen molar-refractivity contribution in [1.82, 2.24) is 15.5 Å². The fourth-order valence-electron chi connectivity index (χ4n) is 2.47. The molecule has 1 aromatic rings. The molecule has 0 radical (unpaired) electrons. The maximum atomic E-state index is 12.3. The number of amides is 1. The van der Waals surface area contributed by atoms with Gasteiger partial charge in [-0.15, -0.1) is 0 Å². The highest BCUT2D eigenvalue weighted by Crippen LogP contribution is 2.37. The fraction of sp³-hybridized carbons (Fsp3) is 0.750. The summed E-state index contributed by atoms with van der Waals surface area (Å²) in [5, 5.41) is 6.27. The Morgan fingerprint density at radius 3 is 2.55 bits per heavy atom. The van der Waals surface area contributed by atoms with Crippen LogP contribution in [0.25, 0.3) is 0 Å². The van der Waals surface area contributed by atoms with E-state index < -0.39 is 24.0 Å². The van der Waals surface area contributed by atoms with E-state index in [0.29, 0.717) is 25.2 Å². The number of nitrogens with zero attached hydrogens (tertiary/aromatic N) is 2. The molecule has 1 fully saturated rings. The number of hydrogen-bond acceptors (Lipinski definition) is 4. The Morgan fingerprint density at radius 2 is 2.05 bits per heavy atom. The van der Waals surface area contributed by atoms with Crippen LogP contribution < -0.4 is 5.32 Å². The van der Waals surface area contributed by atoms with Crippen LogP contribution in [0.3, 0.4) is 0 Å². The number of aromatic nitrogens is 2. The molecule has 0 atom stereocenters. The van der Waals surface area contributed by atoms with Gasteiger partial charge in [-0.25, -0.2) is 0 Å². The van der Waals surface area contributed by atoms with Crippen molar-refractivity contribution in [3.05, 3.63) is 11.7 Å². The first-order chi connectivity index (χ1) is 9.35. The van der Waals surface area contributed by atoms with Gasteiger partial charge < -0.3 is 9.84 Å². The zero-order valence-corrected chi connectivity index (χ0v) is 11.1. The third-order valence-corrected chi connectivity index (χ3v) is 3.40. The van der Waals surface area contributed by atoms with Gasteiger partial charge in [0, 0.05) is 6.42 Å². The first-order valence-corrected chi connectivity index (χ1v) is 6.55. The van der Waals surface area contributed by atoms with E-state index >= 15 is 0 Å². The molecule has 1 aliphatic carbocycles. The van der Waals surface area contributed by atoms with E-state index in [1.807, 2.05) is 6.92 Å². The molecule has 1 amide bonds. The molecule has 0 aromatic carbocycles. The molecule has 5 nitrogen and oxygen atoms in total. The van der Waals surface area contributed by atoms with Gasteiger partial charge in [0.05, 0.1) is 0 Å². The standard InChI is InChI=1S/C12H16F3N3O2/c1-2-9-16-10(18-20-9)11(5-3-4-6-11)17-8(19)7-12(13,14)15/h2-7H2,1H3,(H,17,19). The first kappa shape index (κ1) is 14.8. The Morgan fingerprint density at radius 1 is 1.40 bits per heavy atom. The van der Waals surface area contributed by atoms with Crippen LogP contribution in [0.1, 0.15) is 50.7 Å². The van der Waals surface area contributed by atoms with Crippen molar-refractivity contribution in [2.75, 3.05) is 0 Å². The number of carbonyl (C=O) groups excluding carboxylic acids is 1. The molecule has 0 saturated heterocycles. The van der Waals surface area contributed by atoms with Gasteiger partial charge in [-0.1, -0.05) is 24.9 Å². The van der Waals surface area contributed by atoms with Crippen molar-refractivity contribution < 1.29 is 22.5 Å². The highest BCUT2D eigenvalue weighted by molar-refractivity contribution is 5.77. The molecule has 1 N–H and O–H groups in total. The van der Waals surface area contributed by atoms with Crippen LogP contribution in [0.2, 0.25) is 0 Å². The molecule has 0 spiro atoms. The van der Waals surface area contributed by atoms with E-state index in [1.54, 1.807) is 0 Å². The lowest BCUT2D eigenvalue weighted by Gasteiger charge is -2.27. The normalized spacial score (nSPS) is 18.2. The van der Waals surface area contributed by atoms with E-state index in [0.717, 1.165) is 12.8 Å². The molecule has 0 aliphatic heterocycles. The van der Waals surface area contributed by atoms with Gasteiger partial charge in [0.2, 0.25) is 11.8 Å². The van der Waals surface area contributed by atoms with Gasteiger partial charge >= 0.3 is 6.18 Å². The average Bonchev–Trinajstić information content (AvgIpc) is 2.94. The van der Waals surface area contributed by atoms with Crippen LogP contribution in [0.15, 0.2) is 4.52 Å². The quantitative estimate of drug-likeness (QED) is 0.925. The minimum atomic E-state index is -4.52. The van der Waals surface area contributed by atoms with Gasteiger partial charge in [-0.2, -0.15) is 18.2 Å². The number of nitrogens with one attached hydrogen (secondary N) is 1. The molecule has 0 unspecified atom stereocenters. The molecule has 1 aromatic heterocycles. The number of rotatable bonds is 4. The highest BCUT2D eigenvalue weighted by atomic mass is 19.4. The SMILES string of the molecule is CCc1nc(C2(NC(=O)CC(F)(F)F)CCCC2)no1. The van der Waals surface area contributed by atoms with Crippen molar-refractivity contribution >= 4 is 5.91 Å². The van der Waals surface area contributed by atoms with Gasteiger partial charge in [0.1, 0.15) is 12.0 Å². The van der Waals surface area contributed by atoms with Crippen LogP contribution in [-0.4, -0.2) is 22.2 Å². The minimum Gasteiger partial charge on any atom is -0.343 e. The highest BCUT2D eigenvalue weighted by Gasteiger charge is 2.43. The summed E-state index contributed by atoms with van der Waals surface area (Å²) in [7, 11) is 0. The molecule has 20 heavy (non-hydrogen) atoms. The number of halogens is 3. The summed E-state index contributed by atoms with van der Waals surface area (Å²) < 4.78 is 41.8. The molecule has 112 valence electrons. The van der Waals surface area contributed by atoms with Crippen LogP contribution in [0.5, 0.6) is 0 Å². The zero-order chi connectivity index (χ0) is 14.8. The van der Waals surface area contributed by atoms with Gasteiger partial charge in [-0.05, 0) is 12.8 Å². The number of hydrogen-bond donors (Lipinski definition) is 1.